The van der Waals surface area contributed by atoms with E-state index in [2.05, 4.69) is 46.3 Å². The molecule has 0 atom stereocenters. The fraction of sp³-hybridized carbons (Fsp3) is 0.857. The molecule has 0 fully saturated rings. The van der Waals surface area contributed by atoms with E-state index >= 15 is 0 Å². The molecule has 0 bridgehead atoms. The number of carbonyl (C=O) groups excluding carboxylic acids is 2. The van der Waals surface area contributed by atoms with Gasteiger partial charge in [-0.1, -0.05) is 0 Å². The number of nitrogens with one attached hydrogen (secondary N) is 2. The van der Waals surface area contributed by atoms with Gasteiger partial charge in [-0.25, -0.2) is 0 Å². The highest BCUT2D eigenvalue weighted by atomic mass is 16.7. The predicted octanol–water partition coefficient (Wildman–Crippen LogP) is -2.45. The smallest absolute Gasteiger partial charge is 0.259 e. The molecule has 0 aromatic carbocycles. The summed E-state index contributed by atoms with van der Waals surface area (Å²) in [5, 5.41) is 18.1. The fourth-order valence-corrected chi connectivity index (χ4v) is 1.57. The van der Waals surface area contributed by atoms with Crippen molar-refractivity contribution < 1.29 is 34.3 Å². The summed E-state index contributed by atoms with van der Waals surface area (Å²) in [5.41, 5.74) is 0. The van der Waals surface area contributed by atoms with Gasteiger partial charge in [0.2, 0.25) is 0 Å². The van der Waals surface area contributed by atoms with Crippen LogP contribution in [0.3, 0.4) is 0 Å². The monoisotopic (exact) mass is 308 g/mol. The summed E-state index contributed by atoms with van der Waals surface area (Å²) in [4.78, 5) is 21.5. The van der Waals surface area contributed by atoms with Crippen LogP contribution in [0.2, 0.25) is 0 Å². The minimum Gasteiger partial charge on any atom is -0.483 e. The zero-order valence-corrected chi connectivity index (χ0v) is 14.3. The third kappa shape index (κ3) is 24.1. The molecule has 0 spiro atoms. The number of hydrogen-bond donors (Lipinski definition) is 2. The Morgan fingerprint density at radius 2 is 0.857 bits per heavy atom. The maximum absolute atomic E-state index is 9.06. The van der Waals surface area contributed by atoms with Crippen molar-refractivity contribution in [3.63, 3.8) is 0 Å². The minimum atomic E-state index is -2.12. The predicted molar refractivity (Wildman–Crippen MR) is 77.0 cm³/mol. The Morgan fingerprint density at radius 1 is 0.667 bits per heavy atom. The Hall–Kier alpha value is -1.34. The van der Waals surface area contributed by atoms with Gasteiger partial charge in [0, 0.05) is 0 Å². The molecule has 21 heavy (non-hydrogen) atoms. The second-order valence-electron chi connectivity index (χ2n) is 4.22. The number of rotatable bonds is 6. The van der Waals surface area contributed by atoms with Gasteiger partial charge < -0.3 is 34.3 Å². The van der Waals surface area contributed by atoms with Gasteiger partial charge in [0.05, 0.1) is 39.3 Å². The zero-order valence-electron chi connectivity index (χ0n) is 14.3. The summed E-state index contributed by atoms with van der Waals surface area (Å²) in [7, 11) is 0. The summed E-state index contributed by atoms with van der Waals surface area (Å²) in [6, 6.07) is 0. The van der Waals surface area contributed by atoms with E-state index in [1.807, 2.05) is 0 Å². The molecule has 0 unspecified atom stereocenters. The van der Waals surface area contributed by atoms with Gasteiger partial charge in [-0.2, -0.15) is 0 Å². The topological polar surface area (TPSA) is 98.4 Å². The lowest BCUT2D eigenvalue weighted by Crippen LogP contribution is -3.11. The van der Waals surface area contributed by atoms with Gasteiger partial charge in [0.1, 0.15) is 0 Å². The van der Waals surface area contributed by atoms with Crippen molar-refractivity contribution in [1.29, 1.82) is 0 Å². The van der Waals surface area contributed by atoms with E-state index in [0.29, 0.717) is 0 Å². The van der Waals surface area contributed by atoms with E-state index in [-0.39, 0.29) is 0 Å². The van der Waals surface area contributed by atoms with Crippen LogP contribution in [0.25, 0.3) is 0 Å². The fourth-order valence-electron chi connectivity index (χ4n) is 1.57. The van der Waals surface area contributed by atoms with Crippen molar-refractivity contribution in [2.24, 2.45) is 0 Å². The number of carbonyl (C=O) groups is 2. The van der Waals surface area contributed by atoms with Crippen molar-refractivity contribution in [1.82, 2.24) is 0 Å². The molecule has 0 aromatic rings. The Kier molecular flexibility index (Phi) is 21.9. The summed E-state index contributed by atoms with van der Waals surface area (Å²) >= 11 is 0. The van der Waals surface area contributed by atoms with Crippen LogP contribution >= 0.6 is 0 Å². The summed E-state index contributed by atoms with van der Waals surface area (Å²) in [5.74, 6) is 0. The van der Waals surface area contributed by atoms with Crippen LogP contribution in [0.15, 0.2) is 0 Å². The number of quaternary nitrogens is 2. The molecular formula is C14H32N2O5. The molecule has 7 heteroatoms. The lowest BCUT2D eigenvalue weighted by Gasteiger charge is -2.10. The van der Waals surface area contributed by atoms with E-state index in [1.165, 1.54) is 39.3 Å². The number of ether oxygens (including phenoxy) is 1. The van der Waals surface area contributed by atoms with Crippen LogP contribution in [0.1, 0.15) is 41.5 Å². The molecule has 0 amide bonds. The highest BCUT2D eigenvalue weighted by Crippen LogP contribution is 1.65. The molecule has 2 N–H and O–H groups in total. The van der Waals surface area contributed by atoms with E-state index in [9.17, 15) is 0 Å². The van der Waals surface area contributed by atoms with Crippen LogP contribution in [0.5, 0.6) is 0 Å². The van der Waals surface area contributed by atoms with Gasteiger partial charge in [0.15, 0.2) is 0 Å². The standard InChI is InChI=1S/2C6H15N.C2H2O5/c2*1-4-7(5-2)6-3;3-1(4)7-2(5)6/h2*4-6H2,1-3H3;(H,3,4)(H,5,6). The number of carboxylic acid groups (broad SMARTS) is 2. The van der Waals surface area contributed by atoms with Gasteiger partial charge in [-0.3, -0.25) is 0 Å². The zero-order chi connectivity index (χ0) is 17.3. The molecule has 0 aliphatic carbocycles. The minimum absolute atomic E-state index is 1.27. The first-order valence-electron chi connectivity index (χ1n) is 7.59. The van der Waals surface area contributed by atoms with E-state index in [1.54, 1.807) is 9.80 Å². The lowest BCUT2D eigenvalue weighted by atomic mass is 10.5. The molecule has 7 nitrogen and oxygen atoms in total. The third-order valence-corrected chi connectivity index (χ3v) is 3.17. The van der Waals surface area contributed by atoms with Crippen LogP contribution in [0.4, 0.5) is 9.59 Å². The molecule has 0 heterocycles. The average Bonchev–Trinajstić information content (AvgIpc) is 2.42. The molecule has 0 aromatic heterocycles. The van der Waals surface area contributed by atoms with E-state index in [0.717, 1.165) is 0 Å². The molecule has 128 valence electrons. The first-order valence-corrected chi connectivity index (χ1v) is 7.59. The van der Waals surface area contributed by atoms with Crippen molar-refractivity contribution in [2.45, 2.75) is 41.5 Å². The van der Waals surface area contributed by atoms with Crippen LogP contribution in [0, 0.1) is 0 Å². The van der Waals surface area contributed by atoms with Gasteiger partial charge in [-0.15, -0.1) is 0 Å². The SMILES string of the molecule is CC[NH+](CC)CC.CC[NH+](CC)CC.O=C([O-])OC(=O)[O-]. The quantitative estimate of drug-likeness (QED) is 0.419. The third-order valence-electron chi connectivity index (χ3n) is 3.17. The average molecular weight is 308 g/mol. The molecule has 0 saturated heterocycles. The summed E-state index contributed by atoms with van der Waals surface area (Å²) < 4.78 is 2.86. The largest absolute Gasteiger partial charge is 0.483 e. The second-order valence-corrected chi connectivity index (χ2v) is 4.22. The Balaban J connectivity index is -0.000000231. The van der Waals surface area contributed by atoms with Crippen molar-refractivity contribution in [3.8, 4) is 0 Å². The number of hydrogen-bond acceptors (Lipinski definition) is 5. The first-order chi connectivity index (χ1) is 9.82. The van der Waals surface area contributed by atoms with Gasteiger partial charge >= 0.3 is 0 Å². The van der Waals surface area contributed by atoms with Crippen molar-refractivity contribution >= 4 is 12.3 Å². The van der Waals surface area contributed by atoms with Gasteiger partial charge in [-0.05, 0) is 41.5 Å². The lowest BCUT2D eigenvalue weighted by molar-refractivity contribution is -0.894. The van der Waals surface area contributed by atoms with Crippen molar-refractivity contribution in [3.05, 3.63) is 0 Å². The highest BCUT2D eigenvalue weighted by molar-refractivity contribution is 5.71. The van der Waals surface area contributed by atoms with Crippen molar-refractivity contribution in [2.75, 3.05) is 39.3 Å². The van der Waals surface area contributed by atoms with E-state index < -0.39 is 12.3 Å². The molecule has 0 aliphatic heterocycles. The molecule has 0 saturated carbocycles. The molecule has 0 rings (SSSR count). The first kappa shape index (κ1) is 24.7. The second kappa shape index (κ2) is 18.7. The Bertz CT molecular complexity index is 206. The van der Waals surface area contributed by atoms with E-state index in [4.69, 9.17) is 19.8 Å². The molecule has 0 aliphatic rings. The van der Waals surface area contributed by atoms with Crippen LogP contribution in [-0.4, -0.2) is 51.6 Å². The highest BCUT2D eigenvalue weighted by Gasteiger charge is 1.93. The summed E-state index contributed by atoms with van der Waals surface area (Å²) in [6.07, 6.45) is -4.25. The van der Waals surface area contributed by atoms with Crippen LogP contribution in [-0.2, 0) is 4.74 Å². The maximum atomic E-state index is 9.06. The normalized spacial score (nSPS) is 9.33. The molecule has 0 radical (unpaired) electrons. The van der Waals surface area contributed by atoms with Crippen LogP contribution < -0.4 is 20.0 Å². The molecular weight excluding hydrogens is 276 g/mol. The maximum Gasteiger partial charge on any atom is 0.259 e. The Morgan fingerprint density at radius 3 is 0.857 bits per heavy atom. The summed E-state index contributed by atoms with van der Waals surface area (Å²) in [6.45, 7) is 21.0. The Labute approximate surface area is 128 Å². The van der Waals surface area contributed by atoms with Gasteiger partial charge in [0.25, 0.3) is 12.3 Å².